The molecule has 0 aliphatic heterocycles. The molecular weight excluding hydrogens is 871 g/mol. The fourth-order valence-corrected chi connectivity index (χ4v) is 6.98. The molecule has 8 rings (SSSR count). The van der Waals surface area contributed by atoms with Crippen molar-refractivity contribution < 1.29 is 42.9 Å². The van der Waals surface area contributed by atoms with Gasteiger partial charge in [0.1, 0.15) is 19.0 Å². The van der Waals surface area contributed by atoms with E-state index in [9.17, 15) is 24.0 Å². The number of esters is 2. The fourth-order valence-electron chi connectivity index (χ4n) is 6.98. The van der Waals surface area contributed by atoms with Gasteiger partial charge >= 0.3 is 11.9 Å². The van der Waals surface area contributed by atoms with E-state index in [-0.39, 0.29) is 55.2 Å². The van der Waals surface area contributed by atoms with E-state index in [4.69, 9.17) is 18.9 Å². The van der Waals surface area contributed by atoms with E-state index >= 15 is 0 Å². The van der Waals surface area contributed by atoms with Gasteiger partial charge < -0.3 is 49.8 Å². The number of hydrogen-bond acceptors (Lipinski definition) is 15. The minimum absolute atomic E-state index is 0.145. The van der Waals surface area contributed by atoms with Crippen molar-refractivity contribution in [3.8, 4) is 23.0 Å². The van der Waals surface area contributed by atoms with Gasteiger partial charge in [-0.15, -0.1) is 0 Å². The Hall–Kier alpha value is -9.06. The molecule has 0 atom stereocenters. The first-order valence-corrected chi connectivity index (χ1v) is 21.6. The standard InChI is InChI=1S/C50H45N9O9/c1-3-65-43-25-30(19-23-41(43)67-45(63)28-52-49-56-34-13-7-8-14-35(34)57-49)17-21-38(60)47(40(62)27-51-48-54-32-11-5-6-12-33(32)55-48)39(61)22-18-31-20-24-42(44(26-31)66-4-2)68-46(64)29-53-50-58-36-15-9-10-16-37(36)59-50/h5-26,47H,3-4,27-29H2,1-2H3,(H2,51,54,55)(H2,52,56,57)(H2,53,58,59)/b21-17+,22-18+. The van der Waals surface area contributed by atoms with Crippen LogP contribution in [0.25, 0.3) is 45.3 Å². The van der Waals surface area contributed by atoms with Crippen LogP contribution in [0.3, 0.4) is 0 Å². The summed E-state index contributed by atoms with van der Waals surface area (Å²) in [6.45, 7) is 3.23. The molecule has 0 amide bonds. The average molecular weight is 916 g/mol. The topological polar surface area (TPSA) is 244 Å². The Kier molecular flexibility index (Phi) is 14.2. The molecule has 5 aromatic carbocycles. The number of nitrogens with one attached hydrogen (secondary N) is 6. The normalized spacial score (nSPS) is 11.4. The third kappa shape index (κ3) is 11.4. The highest BCUT2D eigenvalue weighted by Crippen LogP contribution is 2.31. The van der Waals surface area contributed by atoms with Crippen molar-refractivity contribution >= 4 is 92.4 Å². The molecule has 8 aromatic rings. The Morgan fingerprint density at radius 1 is 0.515 bits per heavy atom. The van der Waals surface area contributed by atoms with Crippen LogP contribution < -0.4 is 34.9 Å². The number of Topliss-reactive ketones (excluding diaryl/α,β-unsaturated/α-hetero) is 1. The number of H-pyrrole nitrogens is 3. The molecule has 0 aliphatic carbocycles. The number of carbonyl (C=O) groups excluding carboxylic acids is 5. The molecule has 18 nitrogen and oxygen atoms in total. The van der Waals surface area contributed by atoms with E-state index in [0.29, 0.717) is 28.5 Å². The van der Waals surface area contributed by atoms with Gasteiger partial charge in [-0.25, -0.2) is 24.5 Å². The number of benzene rings is 5. The van der Waals surface area contributed by atoms with Crippen LogP contribution in [0.2, 0.25) is 0 Å². The van der Waals surface area contributed by atoms with Gasteiger partial charge in [0.05, 0.1) is 52.9 Å². The van der Waals surface area contributed by atoms with Crippen LogP contribution in [0.1, 0.15) is 25.0 Å². The van der Waals surface area contributed by atoms with Crippen molar-refractivity contribution in [2.45, 2.75) is 13.8 Å². The number of aromatic nitrogens is 6. The molecule has 18 heteroatoms. The summed E-state index contributed by atoms with van der Waals surface area (Å²) in [5.74, 6) is -3.38. The second kappa shape index (κ2) is 21.3. The summed E-state index contributed by atoms with van der Waals surface area (Å²) in [5, 5.41) is 8.75. The number of carbonyl (C=O) groups is 5. The third-order valence-corrected chi connectivity index (χ3v) is 10.2. The van der Waals surface area contributed by atoms with Crippen LogP contribution in [0.4, 0.5) is 17.8 Å². The van der Waals surface area contributed by atoms with Crippen LogP contribution in [0, 0.1) is 5.92 Å². The Bertz CT molecular complexity index is 2940. The molecule has 0 saturated heterocycles. The molecule has 68 heavy (non-hydrogen) atoms. The van der Waals surface area contributed by atoms with Crippen molar-refractivity contribution in [2.75, 3.05) is 48.8 Å². The predicted molar refractivity (Wildman–Crippen MR) is 257 cm³/mol. The monoisotopic (exact) mass is 915 g/mol. The third-order valence-electron chi connectivity index (χ3n) is 10.2. The lowest BCUT2D eigenvalue weighted by molar-refractivity contribution is -0.136. The van der Waals surface area contributed by atoms with Crippen LogP contribution in [0.5, 0.6) is 23.0 Å². The quantitative estimate of drug-likeness (QED) is 0.0169. The van der Waals surface area contributed by atoms with Gasteiger partial charge in [-0.2, -0.15) is 0 Å². The SMILES string of the molecule is CCOc1cc(/C=C/C(=O)C(C(=O)/C=C/c2ccc(OC(=O)CNc3nc4ccccc4[nH]3)c(OCC)c2)C(=O)CNc2nc3ccccc3[nH]2)ccc1OC(=O)CNc1nc2ccccc2[nH]1. The first kappa shape index (κ1) is 45.5. The minimum Gasteiger partial charge on any atom is -0.490 e. The maximum absolute atomic E-state index is 13.9. The van der Waals surface area contributed by atoms with Crippen molar-refractivity contribution in [1.29, 1.82) is 0 Å². The predicted octanol–water partition coefficient (Wildman–Crippen LogP) is 7.31. The smallest absolute Gasteiger partial charge is 0.330 e. The lowest BCUT2D eigenvalue weighted by Crippen LogP contribution is -2.34. The van der Waals surface area contributed by atoms with Gasteiger partial charge in [-0.05, 0) is 97.8 Å². The Balaban J connectivity index is 0.950. The highest BCUT2D eigenvalue weighted by Gasteiger charge is 2.31. The lowest BCUT2D eigenvalue weighted by atomic mass is 9.92. The molecule has 344 valence electrons. The van der Waals surface area contributed by atoms with Gasteiger partial charge in [0.15, 0.2) is 40.3 Å². The second-order valence-electron chi connectivity index (χ2n) is 15.0. The number of aromatic amines is 3. The molecule has 0 fully saturated rings. The highest BCUT2D eigenvalue weighted by atomic mass is 16.6. The molecule has 0 aliphatic rings. The van der Waals surface area contributed by atoms with Crippen molar-refractivity contribution in [2.24, 2.45) is 5.92 Å². The van der Waals surface area contributed by atoms with Gasteiger partial charge in [0.25, 0.3) is 0 Å². The number of hydrogen-bond donors (Lipinski definition) is 6. The number of fused-ring (bicyclic) bond motifs is 3. The first-order valence-electron chi connectivity index (χ1n) is 21.6. The molecule has 6 N–H and O–H groups in total. The van der Waals surface area contributed by atoms with Crippen LogP contribution in [-0.4, -0.2) is 92.0 Å². The molecule has 0 unspecified atom stereocenters. The first-order chi connectivity index (χ1) is 33.1. The largest absolute Gasteiger partial charge is 0.490 e. The highest BCUT2D eigenvalue weighted by molar-refractivity contribution is 6.26. The number of rotatable bonds is 22. The summed E-state index contributed by atoms with van der Waals surface area (Å²) >= 11 is 0. The fraction of sp³-hybridized carbons (Fsp3) is 0.160. The zero-order valence-electron chi connectivity index (χ0n) is 36.8. The van der Waals surface area contributed by atoms with Gasteiger partial charge in [-0.1, -0.05) is 60.7 Å². The maximum Gasteiger partial charge on any atom is 0.330 e. The molecule has 0 radical (unpaired) electrons. The number of para-hydroxylation sites is 6. The van der Waals surface area contributed by atoms with Crippen LogP contribution in [-0.2, 0) is 24.0 Å². The van der Waals surface area contributed by atoms with Crippen molar-refractivity contribution in [3.63, 3.8) is 0 Å². The number of allylic oxidation sites excluding steroid dienone is 2. The van der Waals surface area contributed by atoms with E-state index in [1.54, 1.807) is 44.2 Å². The molecule has 0 saturated carbocycles. The number of ether oxygens (including phenoxy) is 4. The maximum atomic E-state index is 13.9. The number of anilines is 3. The van der Waals surface area contributed by atoms with E-state index in [1.165, 1.54) is 24.3 Å². The van der Waals surface area contributed by atoms with E-state index in [0.717, 1.165) is 39.7 Å². The lowest BCUT2D eigenvalue weighted by Gasteiger charge is -2.13. The Morgan fingerprint density at radius 3 is 1.28 bits per heavy atom. The van der Waals surface area contributed by atoms with E-state index < -0.39 is 41.8 Å². The molecule has 0 spiro atoms. The van der Waals surface area contributed by atoms with Crippen LogP contribution in [0.15, 0.2) is 121 Å². The van der Waals surface area contributed by atoms with Gasteiger partial charge in [0, 0.05) is 0 Å². The minimum atomic E-state index is -1.74. The molecule has 3 aromatic heterocycles. The summed E-state index contributed by atoms with van der Waals surface area (Å²) < 4.78 is 22.7. The summed E-state index contributed by atoms with van der Waals surface area (Å²) in [4.78, 5) is 89.8. The van der Waals surface area contributed by atoms with Gasteiger partial charge in [-0.3, -0.25) is 14.4 Å². The van der Waals surface area contributed by atoms with Crippen molar-refractivity contribution in [3.05, 3.63) is 132 Å². The Morgan fingerprint density at radius 2 is 0.897 bits per heavy atom. The zero-order valence-corrected chi connectivity index (χ0v) is 36.8. The Labute approximate surface area is 388 Å². The van der Waals surface area contributed by atoms with E-state index in [2.05, 4.69) is 45.9 Å². The molecule has 3 heterocycles. The number of ketones is 3. The number of imidazole rings is 3. The summed E-state index contributed by atoms with van der Waals surface area (Å²) in [6.07, 6.45) is 5.15. The number of nitrogens with zero attached hydrogens (tertiary/aromatic N) is 3. The second-order valence-corrected chi connectivity index (χ2v) is 15.0. The summed E-state index contributed by atoms with van der Waals surface area (Å²) in [7, 11) is 0. The molecular formula is C50H45N9O9. The van der Waals surface area contributed by atoms with Crippen molar-refractivity contribution in [1.82, 2.24) is 29.9 Å². The summed E-state index contributed by atoms with van der Waals surface area (Å²) in [5.41, 5.74) is 5.43. The summed E-state index contributed by atoms with van der Waals surface area (Å²) in [6, 6.07) is 31.5. The van der Waals surface area contributed by atoms with E-state index in [1.807, 2.05) is 66.7 Å². The van der Waals surface area contributed by atoms with Crippen LogP contribution >= 0.6 is 0 Å². The zero-order chi connectivity index (χ0) is 47.4. The molecule has 0 bridgehead atoms. The van der Waals surface area contributed by atoms with Gasteiger partial charge in [0.2, 0.25) is 17.8 Å². The average Bonchev–Trinajstić information content (AvgIpc) is 4.09.